The maximum absolute atomic E-state index is 12.8. The van der Waals surface area contributed by atoms with Gasteiger partial charge >= 0.3 is 6.18 Å². The number of hydrogen-bond donors (Lipinski definition) is 2. The fourth-order valence-corrected chi connectivity index (χ4v) is 1.55. The minimum atomic E-state index is -4.51. The number of rotatable bonds is 1. The SMILES string of the molecule is N[C@@H](c1c[nH]c2cc(F)ccc12)C(F)(F)F. The Morgan fingerprint density at radius 3 is 2.56 bits per heavy atom. The van der Waals surface area contributed by atoms with Gasteiger partial charge in [-0.1, -0.05) is 0 Å². The Balaban J connectivity index is 2.54. The first kappa shape index (κ1) is 10.9. The fourth-order valence-electron chi connectivity index (χ4n) is 1.55. The zero-order valence-corrected chi connectivity index (χ0v) is 7.98. The van der Waals surface area contributed by atoms with Crippen LogP contribution >= 0.6 is 0 Å². The molecule has 0 radical (unpaired) electrons. The van der Waals surface area contributed by atoms with Gasteiger partial charge in [0, 0.05) is 22.7 Å². The van der Waals surface area contributed by atoms with Gasteiger partial charge in [-0.3, -0.25) is 0 Å². The smallest absolute Gasteiger partial charge is 0.361 e. The molecule has 86 valence electrons. The van der Waals surface area contributed by atoms with E-state index in [1.807, 2.05) is 0 Å². The highest BCUT2D eigenvalue weighted by Crippen LogP contribution is 2.34. The van der Waals surface area contributed by atoms with Crippen molar-refractivity contribution in [1.82, 2.24) is 4.98 Å². The highest BCUT2D eigenvalue weighted by Gasteiger charge is 2.39. The van der Waals surface area contributed by atoms with Gasteiger partial charge in [0.2, 0.25) is 0 Å². The van der Waals surface area contributed by atoms with Crippen molar-refractivity contribution >= 4 is 10.9 Å². The van der Waals surface area contributed by atoms with E-state index in [1.54, 1.807) is 0 Å². The molecule has 16 heavy (non-hydrogen) atoms. The molecule has 0 fully saturated rings. The van der Waals surface area contributed by atoms with Gasteiger partial charge in [-0.2, -0.15) is 13.2 Å². The van der Waals surface area contributed by atoms with Crippen molar-refractivity contribution in [2.75, 3.05) is 0 Å². The van der Waals surface area contributed by atoms with E-state index in [9.17, 15) is 17.6 Å². The molecule has 0 aliphatic rings. The van der Waals surface area contributed by atoms with Crippen LogP contribution in [0.4, 0.5) is 17.6 Å². The zero-order valence-electron chi connectivity index (χ0n) is 7.98. The average Bonchev–Trinajstić information content (AvgIpc) is 2.57. The molecule has 1 aromatic carbocycles. The molecule has 2 nitrogen and oxygen atoms in total. The maximum Gasteiger partial charge on any atom is 0.407 e. The molecule has 3 N–H and O–H groups in total. The van der Waals surface area contributed by atoms with Gasteiger partial charge in [-0.15, -0.1) is 0 Å². The molecule has 0 unspecified atom stereocenters. The van der Waals surface area contributed by atoms with Gasteiger partial charge in [-0.05, 0) is 18.2 Å². The predicted octanol–water partition coefficient (Wildman–Crippen LogP) is 2.87. The van der Waals surface area contributed by atoms with Crippen LogP contribution in [0.2, 0.25) is 0 Å². The lowest BCUT2D eigenvalue weighted by molar-refractivity contribution is -0.148. The first-order chi connectivity index (χ1) is 7.39. The molecule has 6 heteroatoms. The van der Waals surface area contributed by atoms with E-state index in [0.717, 1.165) is 18.3 Å². The van der Waals surface area contributed by atoms with Crippen LogP contribution in [-0.2, 0) is 0 Å². The number of nitrogens with two attached hydrogens (primary N) is 1. The summed E-state index contributed by atoms with van der Waals surface area (Å²) in [6.45, 7) is 0. The van der Waals surface area contributed by atoms with Crippen LogP contribution in [0.5, 0.6) is 0 Å². The van der Waals surface area contributed by atoms with Gasteiger partial charge in [0.05, 0.1) is 0 Å². The average molecular weight is 232 g/mol. The van der Waals surface area contributed by atoms with Gasteiger partial charge in [0.1, 0.15) is 11.9 Å². The molecule has 0 saturated heterocycles. The summed E-state index contributed by atoms with van der Waals surface area (Å²) in [6, 6.07) is 1.44. The maximum atomic E-state index is 12.8. The standard InChI is InChI=1S/C10H8F4N2/c11-5-1-2-6-7(4-16-8(6)3-5)9(15)10(12,13)14/h1-4,9,16H,15H2/t9-/m0/s1. The normalized spacial score (nSPS) is 14.3. The summed E-state index contributed by atoms with van der Waals surface area (Å²) in [5.41, 5.74) is 5.30. The summed E-state index contributed by atoms with van der Waals surface area (Å²) in [7, 11) is 0. The number of hydrogen-bond acceptors (Lipinski definition) is 1. The second-order valence-electron chi connectivity index (χ2n) is 3.45. The number of aromatic amines is 1. The van der Waals surface area contributed by atoms with Gasteiger partial charge < -0.3 is 10.7 Å². The molecule has 1 atom stereocenters. The molecular formula is C10H8F4N2. The predicted molar refractivity (Wildman–Crippen MR) is 51.2 cm³/mol. The lowest BCUT2D eigenvalue weighted by Crippen LogP contribution is -2.28. The Morgan fingerprint density at radius 2 is 1.94 bits per heavy atom. The second-order valence-corrected chi connectivity index (χ2v) is 3.45. The van der Waals surface area contributed by atoms with Gasteiger partial charge in [0.15, 0.2) is 0 Å². The summed E-state index contributed by atoms with van der Waals surface area (Å²) in [5.74, 6) is -0.513. The molecule has 0 saturated carbocycles. The van der Waals surface area contributed by atoms with Crippen molar-refractivity contribution in [2.45, 2.75) is 12.2 Å². The van der Waals surface area contributed by atoms with Gasteiger partial charge in [0.25, 0.3) is 0 Å². The lowest BCUT2D eigenvalue weighted by atomic mass is 10.1. The lowest BCUT2D eigenvalue weighted by Gasteiger charge is -2.14. The first-order valence-electron chi connectivity index (χ1n) is 4.48. The number of nitrogens with one attached hydrogen (secondary N) is 1. The summed E-state index contributed by atoms with van der Waals surface area (Å²) in [6.07, 6.45) is -3.36. The number of H-pyrrole nitrogens is 1. The molecule has 0 aliphatic heterocycles. The van der Waals surface area contributed by atoms with E-state index < -0.39 is 18.0 Å². The molecule has 0 bridgehead atoms. The van der Waals surface area contributed by atoms with Crippen LogP contribution in [0.25, 0.3) is 10.9 Å². The van der Waals surface area contributed by atoms with Crippen molar-refractivity contribution in [1.29, 1.82) is 0 Å². The van der Waals surface area contributed by atoms with Crippen LogP contribution in [0.1, 0.15) is 11.6 Å². The van der Waals surface area contributed by atoms with Gasteiger partial charge in [-0.25, -0.2) is 4.39 Å². The van der Waals surface area contributed by atoms with E-state index in [0.29, 0.717) is 5.52 Å². The molecule has 0 aliphatic carbocycles. The molecule has 1 heterocycles. The topological polar surface area (TPSA) is 41.8 Å². The third-order valence-electron chi connectivity index (χ3n) is 2.36. The van der Waals surface area contributed by atoms with E-state index >= 15 is 0 Å². The number of benzene rings is 1. The van der Waals surface area contributed by atoms with E-state index in [4.69, 9.17) is 5.73 Å². The number of fused-ring (bicyclic) bond motifs is 1. The number of alkyl halides is 3. The third kappa shape index (κ3) is 1.76. The largest absolute Gasteiger partial charge is 0.407 e. The van der Waals surface area contributed by atoms with Crippen LogP contribution in [0.3, 0.4) is 0 Å². The number of halogens is 4. The molecule has 2 rings (SSSR count). The van der Waals surface area contributed by atoms with Crippen molar-refractivity contribution < 1.29 is 17.6 Å². The molecule has 0 amide bonds. The molecular weight excluding hydrogens is 224 g/mol. The Labute approximate surface area is 88.1 Å². The van der Waals surface area contributed by atoms with E-state index in [1.165, 1.54) is 6.07 Å². The first-order valence-corrected chi connectivity index (χ1v) is 4.48. The second kappa shape index (κ2) is 3.48. The molecule has 2 aromatic rings. The Kier molecular flexibility index (Phi) is 2.38. The summed E-state index contributed by atoms with van der Waals surface area (Å²) < 4.78 is 50.0. The Hall–Kier alpha value is -1.56. The fraction of sp³-hybridized carbons (Fsp3) is 0.200. The summed E-state index contributed by atoms with van der Waals surface area (Å²) in [4.78, 5) is 2.56. The van der Waals surface area contributed by atoms with E-state index in [-0.39, 0.29) is 10.9 Å². The minimum Gasteiger partial charge on any atom is -0.361 e. The highest BCUT2D eigenvalue weighted by molar-refractivity contribution is 5.83. The van der Waals surface area contributed by atoms with Crippen LogP contribution < -0.4 is 5.73 Å². The molecule has 0 spiro atoms. The summed E-state index contributed by atoms with van der Waals surface area (Å²) in [5, 5.41) is 0.284. The Bertz CT molecular complexity index is 515. The third-order valence-corrected chi connectivity index (χ3v) is 2.36. The van der Waals surface area contributed by atoms with Crippen molar-refractivity contribution in [3.05, 3.63) is 35.8 Å². The van der Waals surface area contributed by atoms with E-state index in [2.05, 4.69) is 4.98 Å². The summed E-state index contributed by atoms with van der Waals surface area (Å²) >= 11 is 0. The van der Waals surface area contributed by atoms with Crippen LogP contribution in [0.15, 0.2) is 24.4 Å². The van der Waals surface area contributed by atoms with Crippen molar-refractivity contribution in [3.63, 3.8) is 0 Å². The van der Waals surface area contributed by atoms with Crippen LogP contribution in [0, 0.1) is 5.82 Å². The molecule has 1 aromatic heterocycles. The van der Waals surface area contributed by atoms with Crippen molar-refractivity contribution in [3.8, 4) is 0 Å². The Morgan fingerprint density at radius 1 is 1.25 bits per heavy atom. The quantitative estimate of drug-likeness (QED) is 0.729. The zero-order chi connectivity index (χ0) is 11.9. The monoisotopic (exact) mass is 232 g/mol. The minimum absolute atomic E-state index is 0.0810. The van der Waals surface area contributed by atoms with Crippen molar-refractivity contribution in [2.24, 2.45) is 5.73 Å². The van der Waals surface area contributed by atoms with Crippen LogP contribution in [-0.4, -0.2) is 11.2 Å². The number of aromatic nitrogens is 1. The highest BCUT2D eigenvalue weighted by atomic mass is 19.4.